The van der Waals surface area contributed by atoms with Crippen LogP contribution in [0.2, 0.25) is 0 Å². The van der Waals surface area contributed by atoms with Gasteiger partial charge in [-0.1, -0.05) is 18.7 Å². The topological polar surface area (TPSA) is 90.4 Å². The van der Waals surface area contributed by atoms with Crippen molar-refractivity contribution in [1.82, 2.24) is 20.4 Å². The van der Waals surface area contributed by atoms with Gasteiger partial charge in [0.05, 0.1) is 0 Å². The van der Waals surface area contributed by atoms with E-state index in [1.54, 1.807) is 24.4 Å². The fourth-order valence-corrected chi connectivity index (χ4v) is 2.80. The van der Waals surface area contributed by atoms with E-state index in [2.05, 4.69) is 31.7 Å². The van der Waals surface area contributed by atoms with E-state index < -0.39 is 12.1 Å². The first-order valence-corrected chi connectivity index (χ1v) is 8.02. The van der Waals surface area contributed by atoms with Crippen molar-refractivity contribution in [2.45, 2.75) is 13.3 Å². The van der Waals surface area contributed by atoms with Crippen molar-refractivity contribution in [3.05, 3.63) is 71.7 Å². The van der Waals surface area contributed by atoms with Crippen molar-refractivity contribution < 1.29 is 17.9 Å². The Balaban J connectivity index is 2.22. The number of hydrogen-bond donors (Lipinski definition) is 2. The Kier molecular flexibility index (Phi) is 5.04. The van der Waals surface area contributed by atoms with Crippen LogP contribution in [-0.2, 0) is 0 Å². The molecule has 3 rings (SSSR count). The zero-order valence-corrected chi connectivity index (χ0v) is 14.6. The number of nitriles is 1. The van der Waals surface area contributed by atoms with Gasteiger partial charge in [0.15, 0.2) is 5.69 Å². The minimum Gasteiger partial charge on any atom is -0.406 e. The molecule has 0 radical (unpaired) electrons. The van der Waals surface area contributed by atoms with Gasteiger partial charge in [0, 0.05) is 23.0 Å². The molecule has 0 aliphatic heterocycles. The van der Waals surface area contributed by atoms with Crippen molar-refractivity contribution >= 4 is 5.57 Å². The Labute approximate surface area is 158 Å². The number of aryl methyl sites for hydroxylation is 1. The Hall–Kier alpha value is -3.80. The quantitative estimate of drug-likeness (QED) is 0.633. The molecule has 0 spiro atoms. The lowest BCUT2D eigenvalue weighted by molar-refractivity contribution is -0.274. The van der Waals surface area contributed by atoms with Crippen LogP contribution in [0.15, 0.2) is 49.2 Å². The predicted octanol–water partition coefficient (Wildman–Crippen LogP) is 4.50. The summed E-state index contributed by atoms with van der Waals surface area (Å²) in [6.07, 6.45) is 0.0737. The first-order valence-electron chi connectivity index (χ1n) is 8.02. The molecule has 1 aromatic carbocycles. The van der Waals surface area contributed by atoms with Crippen molar-refractivity contribution in [1.29, 1.82) is 5.26 Å². The van der Waals surface area contributed by atoms with Crippen molar-refractivity contribution in [3.63, 3.8) is 0 Å². The third-order valence-corrected chi connectivity index (χ3v) is 3.91. The Morgan fingerprint density at radius 1 is 1.29 bits per heavy atom. The van der Waals surface area contributed by atoms with Crippen LogP contribution < -0.4 is 4.74 Å². The number of aromatic nitrogens is 4. The second kappa shape index (κ2) is 7.44. The number of hydrogen-bond acceptors (Lipinski definition) is 4. The average Bonchev–Trinajstić information content (AvgIpc) is 3.26. The molecule has 142 valence electrons. The molecule has 0 unspecified atom stereocenters. The van der Waals surface area contributed by atoms with E-state index in [-0.39, 0.29) is 17.0 Å². The number of nitrogens with one attached hydrogen (secondary N) is 2. The van der Waals surface area contributed by atoms with Crippen LogP contribution in [0, 0.1) is 18.3 Å². The molecule has 3 aromatic rings. The van der Waals surface area contributed by atoms with E-state index in [0.717, 1.165) is 17.3 Å². The fraction of sp³-hybridized carbons (Fsp3) is 0.105. The van der Waals surface area contributed by atoms with Gasteiger partial charge in [0.2, 0.25) is 0 Å². The Morgan fingerprint density at radius 3 is 2.68 bits per heavy atom. The molecule has 2 N–H and O–H groups in total. The molecule has 0 bridgehead atoms. The van der Waals surface area contributed by atoms with Crippen LogP contribution in [0.5, 0.6) is 5.75 Å². The van der Waals surface area contributed by atoms with Gasteiger partial charge in [-0.3, -0.25) is 0 Å². The number of benzene rings is 1. The van der Waals surface area contributed by atoms with Crippen LogP contribution in [0.25, 0.3) is 16.8 Å². The van der Waals surface area contributed by atoms with Crippen molar-refractivity contribution in [2.75, 3.05) is 0 Å². The fourth-order valence-electron chi connectivity index (χ4n) is 2.80. The number of halogens is 3. The molecule has 0 amide bonds. The maximum absolute atomic E-state index is 12.8. The molecule has 0 aliphatic rings. The van der Waals surface area contributed by atoms with E-state index in [1.807, 2.05) is 13.0 Å². The van der Waals surface area contributed by atoms with Crippen LogP contribution in [0.3, 0.4) is 0 Å². The summed E-state index contributed by atoms with van der Waals surface area (Å²) in [6, 6.07) is 7.69. The van der Waals surface area contributed by atoms with Gasteiger partial charge < -0.3 is 9.72 Å². The van der Waals surface area contributed by atoms with Crippen LogP contribution >= 0.6 is 0 Å². The van der Waals surface area contributed by atoms with Gasteiger partial charge in [0.1, 0.15) is 17.5 Å². The Bertz CT molecular complexity index is 1090. The smallest absolute Gasteiger partial charge is 0.406 e. The Morgan fingerprint density at radius 2 is 2.07 bits per heavy atom. The van der Waals surface area contributed by atoms with E-state index >= 15 is 0 Å². The molecule has 2 heterocycles. The average molecular weight is 385 g/mol. The highest BCUT2D eigenvalue weighted by atomic mass is 19.4. The highest BCUT2D eigenvalue weighted by Crippen LogP contribution is 2.35. The van der Waals surface area contributed by atoms with Gasteiger partial charge in [-0.25, -0.2) is 0 Å². The monoisotopic (exact) mass is 385 g/mol. The molecule has 0 saturated carbocycles. The number of rotatable bonds is 5. The molecule has 9 heteroatoms. The normalized spacial score (nSPS) is 11.9. The summed E-state index contributed by atoms with van der Waals surface area (Å²) >= 11 is 0. The van der Waals surface area contributed by atoms with Gasteiger partial charge in [0.25, 0.3) is 0 Å². The lowest BCUT2D eigenvalue weighted by atomic mass is 9.95. The molecule has 6 nitrogen and oxygen atoms in total. The van der Waals surface area contributed by atoms with Crippen LogP contribution in [0.1, 0.15) is 22.5 Å². The maximum Gasteiger partial charge on any atom is 0.573 e. The summed E-state index contributed by atoms with van der Waals surface area (Å²) in [5.74, 6) is -0.435. The van der Waals surface area contributed by atoms with Crippen molar-refractivity contribution in [3.8, 4) is 23.1 Å². The summed E-state index contributed by atoms with van der Waals surface area (Å²) in [6.45, 7) is 5.52. The minimum atomic E-state index is -4.87. The highest BCUT2D eigenvalue weighted by Gasteiger charge is 2.31. The van der Waals surface area contributed by atoms with Gasteiger partial charge in [-0.2, -0.15) is 15.6 Å². The zero-order chi connectivity index (χ0) is 20.3. The number of H-pyrrole nitrogens is 2. The number of alkyl halides is 3. The zero-order valence-electron chi connectivity index (χ0n) is 14.6. The van der Waals surface area contributed by atoms with Crippen LogP contribution in [0.4, 0.5) is 13.2 Å². The molecule has 0 saturated heterocycles. The number of aromatic amines is 2. The third kappa shape index (κ3) is 3.96. The lowest BCUT2D eigenvalue weighted by Crippen LogP contribution is -2.17. The van der Waals surface area contributed by atoms with Crippen molar-refractivity contribution in [2.24, 2.45) is 0 Å². The largest absolute Gasteiger partial charge is 0.573 e. The molecule has 0 atom stereocenters. The first kappa shape index (κ1) is 19.0. The lowest BCUT2D eigenvalue weighted by Gasteiger charge is -2.14. The molecule has 2 aromatic heterocycles. The highest BCUT2D eigenvalue weighted by molar-refractivity contribution is 5.84. The SMILES string of the molecule is C=C/C=C(/c1cc(OC(F)(F)F)cc(-c2n[nH]nc2C#N)c1)c1cc[nH]c1C. The summed E-state index contributed by atoms with van der Waals surface area (Å²) in [7, 11) is 0. The third-order valence-electron chi connectivity index (χ3n) is 3.91. The number of nitrogens with zero attached hydrogens (tertiary/aromatic N) is 3. The second-order valence-corrected chi connectivity index (χ2v) is 5.76. The number of allylic oxidation sites excluding steroid dienone is 2. The molecular weight excluding hydrogens is 371 g/mol. The standard InChI is InChI=1S/C19H14F3N5O/c1-3-4-16(15-5-6-24-11(15)2)12-7-13(18-17(10-23)25-27-26-18)9-14(8-12)28-19(20,21)22/h3-9,24H,1H2,2H3,(H,25,26,27)/b16-4-. The van der Waals surface area contributed by atoms with E-state index in [4.69, 9.17) is 5.26 Å². The summed E-state index contributed by atoms with van der Waals surface area (Å²) in [4.78, 5) is 3.03. The van der Waals surface area contributed by atoms with Gasteiger partial charge >= 0.3 is 6.36 Å². The van der Waals surface area contributed by atoms with E-state index in [0.29, 0.717) is 11.1 Å². The van der Waals surface area contributed by atoms with Gasteiger partial charge in [-0.05, 0) is 42.3 Å². The number of ether oxygens (including phenoxy) is 1. The van der Waals surface area contributed by atoms with E-state index in [9.17, 15) is 13.2 Å². The molecule has 0 aliphatic carbocycles. The molecule has 28 heavy (non-hydrogen) atoms. The maximum atomic E-state index is 12.8. The summed E-state index contributed by atoms with van der Waals surface area (Å²) in [5.41, 5.74) is 3.02. The van der Waals surface area contributed by atoms with E-state index in [1.165, 1.54) is 12.1 Å². The minimum absolute atomic E-state index is 0.0396. The summed E-state index contributed by atoms with van der Waals surface area (Å²) < 4.78 is 42.6. The predicted molar refractivity (Wildman–Crippen MR) is 96.0 cm³/mol. The van der Waals surface area contributed by atoms with Crippen LogP contribution in [-0.4, -0.2) is 26.8 Å². The molecule has 0 fully saturated rings. The molecular formula is C19H14F3N5O. The first-order chi connectivity index (χ1) is 13.3. The van der Waals surface area contributed by atoms with Gasteiger partial charge in [-0.15, -0.1) is 18.3 Å². The summed E-state index contributed by atoms with van der Waals surface area (Å²) in [5, 5.41) is 19.0. The second-order valence-electron chi connectivity index (χ2n) is 5.76.